The number of hydrogen-bond donors (Lipinski definition) is 3. The highest BCUT2D eigenvalue weighted by Crippen LogP contribution is 2.31. The van der Waals surface area contributed by atoms with E-state index in [0.29, 0.717) is 28.6 Å². The van der Waals surface area contributed by atoms with Gasteiger partial charge in [0.15, 0.2) is 0 Å². The zero-order valence-corrected chi connectivity index (χ0v) is 19.8. The monoisotopic (exact) mass is 500 g/mol. The van der Waals surface area contributed by atoms with Gasteiger partial charge in [-0.15, -0.1) is 0 Å². The molecule has 1 aromatic carbocycles. The summed E-state index contributed by atoms with van der Waals surface area (Å²) in [6, 6.07) is 13.0. The van der Waals surface area contributed by atoms with E-state index in [-0.39, 0.29) is 19.0 Å². The molecule has 3 aromatic rings. The van der Waals surface area contributed by atoms with Crippen LogP contribution in [-0.4, -0.2) is 33.5 Å². The lowest BCUT2D eigenvalue weighted by Gasteiger charge is -2.22. The van der Waals surface area contributed by atoms with Gasteiger partial charge in [-0.2, -0.15) is 13.2 Å². The van der Waals surface area contributed by atoms with Crippen molar-refractivity contribution >= 4 is 17.7 Å². The first-order chi connectivity index (χ1) is 17.0. The summed E-state index contributed by atoms with van der Waals surface area (Å²) in [4.78, 5) is 31.0. The number of anilines is 1. The maximum absolute atomic E-state index is 12.8. The fourth-order valence-corrected chi connectivity index (χ4v) is 3.55. The van der Waals surface area contributed by atoms with E-state index in [1.165, 1.54) is 12.3 Å². The number of nitrogens with one attached hydrogen (secondary N) is 2. The number of carbonyl (C=O) groups excluding carboxylic acids is 1. The maximum atomic E-state index is 12.8. The standard InChI is InChI=1S/C26H27F3N4O3/c1-16(2)13-22(33-23-10-7-19(14-32-23)25(36)30-12-11-24(34)35)18-5-3-17(4-6-18)21-9-8-20(15-31-21)26(27,28)29/h3-10,14-16,22H,11-13H2,1-2H3,(H,30,36)(H,32,33)(H,34,35). The number of alkyl halides is 3. The van der Waals surface area contributed by atoms with Crippen molar-refractivity contribution in [2.45, 2.75) is 38.9 Å². The Hall–Kier alpha value is -3.95. The van der Waals surface area contributed by atoms with Crippen molar-refractivity contribution in [2.75, 3.05) is 11.9 Å². The van der Waals surface area contributed by atoms with E-state index in [1.54, 1.807) is 12.1 Å². The third-order valence-corrected chi connectivity index (χ3v) is 5.38. The summed E-state index contributed by atoms with van der Waals surface area (Å²) in [6.07, 6.45) is -1.56. The molecule has 10 heteroatoms. The van der Waals surface area contributed by atoms with Gasteiger partial charge < -0.3 is 15.7 Å². The second-order valence-electron chi connectivity index (χ2n) is 8.71. The Labute approximate surface area is 206 Å². The van der Waals surface area contributed by atoms with Crippen LogP contribution in [0.3, 0.4) is 0 Å². The predicted molar refractivity (Wildman–Crippen MR) is 129 cm³/mol. The maximum Gasteiger partial charge on any atom is 0.417 e. The second-order valence-corrected chi connectivity index (χ2v) is 8.71. The third kappa shape index (κ3) is 7.53. The Bertz CT molecular complexity index is 1160. The molecule has 2 aromatic heterocycles. The van der Waals surface area contributed by atoms with Crippen LogP contribution in [0, 0.1) is 5.92 Å². The number of hydrogen-bond acceptors (Lipinski definition) is 5. The lowest BCUT2D eigenvalue weighted by Crippen LogP contribution is -2.26. The van der Waals surface area contributed by atoms with E-state index in [9.17, 15) is 22.8 Å². The van der Waals surface area contributed by atoms with Crippen LogP contribution in [0.4, 0.5) is 19.0 Å². The summed E-state index contributed by atoms with van der Waals surface area (Å²) in [7, 11) is 0. The van der Waals surface area contributed by atoms with Gasteiger partial charge in [0.05, 0.1) is 29.3 Å². The normalized spacial score (nSPS) is 12.3. The molecule has 0 saturated carbocycles. The van der Waals surface area contributed by atoms with E-state index in [4.69, 9.17) is 5.11 Å². The van der Waals surface area contributed by atoms with Crippen LogP contribution < -0.4 is 10.6 Å². The lowest BCUT2D eigenvalue weighted by molar-refractivity contribution is -0.138. The average Bonchev–Trinajstić information content (AvgIpc) is 2.83. The van der Waals surface area contributed by atoms with Crippen LogP contribution in [0.5, 0.6) is 0 Å². The molecule has 0 radical (unpaired) electrons. The SMILES string of the molecule is CC(C)CC(Nc1ccc(C(=O)NCCC(=O)O)cn1)c1ccc(-c2ccc(C(F)(F)F)cn2)cc1. The zero-order valence-electron chi connectivity index (χ0n) is 19.8. The van der Waals surface area contributed by atoms with E-state index >= 15 is 0 Å². The molecule has 3 N–H and O–H groups in total. The van der Waals surface area contributed by atoms with Crippen molar-refractivity contribution in [3.05, 3.63) is 77.6 Å². The summed E-state index contributed by atoms with van der Waals surface area (Å²) in [5.74, 6) is -0.469. The van der Waals surface area contributed by atoms with Crippen LogP contribution in [-0.2, 0) is 11.0 Å². The Morgan fingerprint density at radius 1 is 0.972 bits per heavy atom. The summed E-state index contributed by atoms with van der Waals surface area (Å²) in [5, 5.41) is 14.6. The van der Waals surface area contributed by atoms with Crippen molar-refractivity contribution in [2.24, 2.45) is 5.92 Å². The molecule has 0 aliphatic rings. The number of nitrogens with zero attached hydrogens (tertiary/aromatic N) is 2. The van der Waals surface area contributed by atoms with Crippen LogP contribution in [0.2, 0.25) is 0 Å². The molecule has 1 atom stereocenters. The number of halogens is 3. The largest absolute Gasteiger partial charge is 0.481 e. The minimum Gasteiger partial charge on any atom is -0.481 e. The Kier molecular flexibility index (Phi) is 8.63. The molecule has 1 amide bonds. The van der Waals surface area contributed by atoms with Gasteiger partial charge in [-0.3, -0.25) is 14.6 Å². The van der Waals surface area contributed by atoms with E-state index in [2.05, 4.69) is 34.4 Å². The zero-order chi connectivity index (χ0) is 26.3. The number of amides is 1. The molecule has 0 saturated heterocycles. The number of pyridine rings is 2. The predicted octanol–water partition coefficient (Wildman–Crippen LogP) is 5.57. The molecule has 3 rings (SSSR count). The van der Waals surface area contributed by atoms with Crippen LogP contribution in [0.25, 0.3) is 11.3 Å². The molecule has 0 spiro atoms. The minimum atomic E-state index is -4.43. The smallest absolute Gasteiger partial charge is 0.417 e. The highest BCUT2D eigenvalue weighted by Gasteiger charge is 2.30. The third-order valence-electron chi connectivity index (χ3n) is 5.38. The average molecular weight is 501 g/mol. The van der Waals surface area contributed by atoms with Gasteiger partial charge in [0.2, 0.25) is 0 Å². The minimum absolute atomic E-state index is 0.0304. The number of aromatic nitrogens is 2. The quantitative estimate of drug-likeness (QED) is 0.336. The first-order valence-electron chi connectivity index (χ1n) is 11.4. The van der Waals surface area contributed by atoms with Crippen molar-refractivity contribution in [1.29, 1.82) is 0 Å². The van der Waals surface area contributed by atoms with Crippen LogP contribution in [0.15, 0.2) is 60.9 Å². The Morgan fingerprint density at radius 2 is 1.69 bits per heavy atom. The molecule has 0 fully saturated rings. The first kappa shape index (κ1) is 26.7. The molecule has 7 nitrogen and oxygen atoms in total. The molecule has 1 unspecified atom stereocenters. The van der Waals surface area contributed by atoms with E-state index < -0.39 is 23.6 Å². The molecule has 0 aliphatic carbocycles. The highest BCUT2D eigenvalue weighted by molar-refractivity contribution is 5.94. The van der Waals surface area contributed by atoms with Gasteiger partial charge in [-0.1, -0.05) is 38.1 Å². The van der Waals surface area contributed by atoms with Gasteiger partial charge in [-0.05, 0) is 42.2 Å². The lowest BCUT2D eigenvalue weighted by atomic mass is 9.95. The number of carboxylic acid groups (broad SMARTS) is 1. The van der Waals surface area contributed by atoms with Crippen molar-refractivity contribution < 1.29 is 27.9 Å². The van der Waals surface area contributed by atoms with E-state index in [0.717, 1.165) is 24.2 Å². The highest BCUT2D eigenvalue weighted by atomic mass is 19.4. The molecule has 0 aliphatic heterocycles. The second kappa shape index (κ2) is 11.7. The molecule has 36 heavy (non-hydrogen) atoms. The fraction of sp³-hybridized carbons (Fsp3) is 0.308. The van der Waals surface area contributed by atoms with Crippen molar-refractivity contribution in [3.8, 4) is 11.3 Å². The van der Waals surface area contributed by atoms with Crippen LogP contribution >= 0.6 is 0 Å². The Balaban J connectivity index is 1.70. The summed E-state index contributed by atoms with van der Waals surface area (Å²) in [5.41, 5.74) is 1.64. The molecule has 2 heterocycles. The number of benzene rings is 1. The first-order valence-corrected chi connectivity index (χ1v) is 11.4. The van der Waals surface area contributed by atoms with Gasteiger partial charge in [0.1, 0.15) is 5.82 Å². The Morgan fingerprint density at radius 3 is 2.22 bits per heavy atom. The van der Waals surface area contributed by atoms with E-state index in [1.807, 2.05) is 24.3 Å². The summed E-state index contributed by atoms with van der Waals surface area (Å²) < 4.78 is 38.4. The van der Waals surface area contributed by atoms with Gasteiger partial charge in [0.25, 0.3) is 5.91 Å². The number of rotatable bonds is 10. The number of aliphatic carboxylic acids is 1. The van der Waals surface area contributed by atoms with Gasteiger partial charge in [0, 0.05) is 24.5 Å². The van der Waals surface area contributed by atoms with Gasteiger partial charge in [-0.25, -0.2) is 4.98 Å². The number of carboxylic acids is 1. The van der Waals surface area contributed by atoms with Crippen molar-refractivity contribution in [3.63, 3.8) is 0 Å². The number of carbonyl (C=O) groups is 2. The topological polar surface area (TPSA) is 104 Å². The molecule has 0 bridgehead atoms. The molecule has 190 valence electrons. The van der Waals surface area contributed by atoms with Crippen LogP contribution in [0.1, 0.15) is 54.2 Å². The van der Waals surface area contributed by atoms with Gasteiger partial charge >= 0.3 is 12.1 Å². The summed E-state index contributed by atoms with van der Waals surface area (Å²) in [6.45, 7) is 4.21. The fourth-order valence-electron chi connectivity index (χ4n) is 3.55. The summed E-state index contributed by atoms with van der Waals surface area (Å²) >= 11 is 0. The van der Waals surface area contributed by atoms with Crippen molar-refractivity contribution in [1.82, 2.24) is 15.3 Å². The molecular formula is C26H27F3N4O3. The molecular weight excluding hydrogens is 473 g/mol.